The highest BCUT2D eigenvalue weighted by atomic mass is 32.2. The summed E-state index contributed by atoms with van der Waals surface area (Å²) in [6.07, 6.45) is 3.70. The molecule has 0 bridgehead atoms. The standard InChI is InChI=1S/C10H16N2O2S/c1-2-3-4-11-9(13)7-12-5-6-15-8-10(12)14/h5-6H,2-4,7-8H2,1H3,(H,11,13). The number of hydrogen-bond acceptors (Lipinski definition) is 3. The Kier molecular flexibility index (Phi) is 5.25. The summed E-state index contributed by atoms with van der Waals surface area (Å²) in [5, 5.41) is 4.61. The van der Waals surface area contributed by atoms with Crippen molar-refractivity contribution in [3.63, 3.8) is 0 Å². The van der Waals surface area contributed by atoms with E-state index in [2.05, 4.69) is 12.2 Å². The first-order valence-corrected chi connectivity index (χ1v) is 6.13. The highest BCUT2D eigenvalue weighted by molar-refractivity contribution is 8.02. The monoisotopic (exact) mass is 228 g/mol. The molecule has 0 atom stereocenters. The maximum absolute atomic E-state index is 11.4. The molecule has 1 heterocycles. The third kappa shape index (κ3) is 4.38. The molecular weight excluding hydrogens is 212 g/mol. The zero-order valence-electron chi connectivity index (χ0n) is 8.86. The first-order chi connectivity index (χ1) is 7.24. The lowest BCUT2D eigenvalue weighted by atomic mass is 10.3. The molecule has 2 amide bonds. The van der Waals surface area contributed by atoms with Gasteiger partial charge in [0.05, 0.1) is 5.75 Å². The van der Waals surface area contributed by atoms with Crippen LogP contribution in [0.15, 0.2) is 11.6 Å². The molecule has 0 aromatic rings. The second-order valence-electron chi connectivity index (χ2n) is 3.32. The first-order valence-electron chi connectivity index (χ1n) is 5.08. The molecule has 0 saturated heterocycles. The van der Waals surface area contributed by atoms with Gasteiger partial charge in [0, 0.05) is 12.7 Å². The van der Waals surface area contributed by atoms with Crippen molar-refractivity contribution in [3.8, 4) is 0 Å². The molecule has 15 heavy (non-hydrogen) atoms. The van der Waals surface area contributed by atoms with Crippen LogP contribution >= 0.6 is 11.8 Å². The molecule has 0 radical (unpaired) electrons. The summed E-state index contributed by atoms with van der Waals surface area (Å²) >= 11 is 1.45. The summed E-state index contributed by atoms with van der Waals surface area (Å²) in [7, 11) is 0. The van der Waals surface area contributed by atoms with Crippen molar-refractivity contribution in [2.75, 3.05) is 18.8 Å². The van der Waals surface area contributed by atoms with E-state index in [0.29, 0.717) is 12.3 Å². The van der Waals surface area contributed by atoms with Gasteiger partial charge in [0.1, 0.15) is 6.54 Å². The molecule has 1 aliphatic rings. The van der Waals surface area contributed by atoms with Gasteiger partial charge in [-0.1, -0.05) is 13.3 Å². The van der Waals surface area contributed by atoms with E-state index in [1.165, 1.54) is 16.7 Å². The van der Waals surface area contributed by atoms with E-state index >= 15 is 0 Å². The molecule has 0 aromatic heterocycles. The number of carbonyl (C=O) groups excluding carboxylic acids is 2. The van der Waals surface area contributed by atoms with E-state index in [0.717, 1.165) is 12.8 Å². The summed E-state index contributed by atoms with van der Waals surface area (Å²) in [5.41, 5.74) is 0. The second kappa shape index (κ2) is 6.50. The zero-order valence-corrected chi connectivity index (χ0v) is 9.68. The average molecular weight is 228 g/mol. The first kappa shape index (κ1) is 12.1. The van der Waals surface area contributed by atoms with Gasteiger partial charge in [0.15, 0.2) is 0 Å². The summed E-state index contributed by atoms with van der Waals surface area (Å²) < 4.78 is 0. The molecule has 0 unspecified atom stereocenters. The van der Waals surface area contributed by atoms with E-state index in [1.807, 2.05) is 5.41 Å². The van der Waals surface area contributed by atoms with Gasteiger partial charge >= 0.3 is 0 Å². The Balaban J connectivity index is 2.27. The minimum atomic E-state index is -0.0895. The van der Waals surface area contributed by atoms with E-state index in [-0.39, 0.29) is 18.4 Å². The highest BCUT2D eigenvalue weighted by Crippen LogP contribution is 2.11. The van der Waals surface area contributed by atoms with Gasteiger partial charge < -0.3 is 10.2 Å². The Morgan fingerprint density at radius 2 is 2.47 bits per heavy atom. The van der Waals surface area contributed by atoms with Crippen molar-refractivity contribution in [1.29, 1.82) is 0 Å². The minimum Gasteiger partial charge on any atom is -0.355 e. The largest absolute Gasteiger partial charge is 0.355 e. The number of amides is 2. The van der Waals surface area contributed by atoms with Crippen LogP contribution in [-0.2, 0) is 9.59 Å². The fourth-order valence-electron chi connectivity index (χ4n) is 1.16. The van der Waals surface area contributed by atoms with Crippen molar-refractivity contribution < 1.29 is 9.59 Å². The normalized spacial score (nSPS) is 15.5. The number of unbranched alkanes of at least 4 members (excludes halogenated alkanes) is 1. The molecule has 0 spiro atoms. The van der Waals surface area contributed by atoms with Gasteiger partial charge in [-0.3, -0.25) is 9.59 Å². The number of hydrogen-bond donors (Lipinski definition) is 1. The van der Waals surface area contributed by atoms with Gasteiger partial charge in [-0.2, -0.15) is 0 Å². The Morgan fingerprint density at radius 3 is 3.13 bits per heavy atom. The predicted molar refractivity (Wildman–Crippen MR) is 61.2 cm³/mol. The molecule has 1 N–H and O–H groups in total. The van der Waals surface area contributed by atoms with E-state index in [1.54, 1.807) is 6.20 Å². The van der Waals surface area contributed by atoms with Gasteiger partial charge in [0.25, 0.3) is 0 Å². The van der Waals surface area contributed by atoms with Crippen molar-refractivity contribution in [1.82, 2.24) is 10.2 Å². The van der Waals surface area contributed by atoms with Crippen LogP contribution in [0.3, 0.4) is 0 Å². The van der Waals surface area contributed by atoms with Crippen molar-refractivity contribution in [3.05, 3.63) is 11.6 Å². The number of nitrogens with one attached hydrogen (secondary N) is 1. The summed E-state index contributed by atoms with van der Waals surface area (Å²) in [6, 6.07) is 0. The van der Waals surface area contributed by atoms with Crippen LogP contribution in [0.4, 0.5) is 0 Å². The van der Waals surface area contributed by atoms with Crippen molar-refractivity contribution in [2.45, 2.75) is 19.8 Å². The highest BCUT2D eigenvalue weighted by Gasteiger charge is 2.16. The van der Waals surface area contributed by atoms with Gasteiger partial charge in [0.2, 0.25) is 11.8 Å². The Bertz CT molecular complexity index is 266. The maximum Gasteiger partial charge on any atom is 0.240 e. The maximum atomic E-state index is 11.4. The number of carbonyl (C=O) groups is 2. The Labute approximate surface area is 94.1 Å². The van der Waals surface area contributed by atoms with Crippen molar-refractivity contribution >= 4 is 23.6 Å². The van der Waals surface area contributed by atoms with Crippen LogP contribution < -0.4 is 5.32 Å². The number of nitrogens with zero attached hydrogens (tertiary/aromatic N) is 1. The number of thioether (sulfide) groups is 1. The third-order valence-electron chi connectivity index (χ3n) is 2.03. The van der Waals surface area contributed by atoms with E-state index < -0.39 is 0 Å². The van der Waals surface area contributed by atoms with Crippen LogP contribution in [-0.4, -0.2) is 35.6 Å². The summed E-state index contributed by atoms with van der Waals surface area (Å²) in [5.74, 6) is 0.333. The molecule has 0 saturated carbocycles. The lowest BCUT2D eigenvalue weighted by Gasteiger charge is -2.20. The van der Waals surface area contributed by atoms with Crippen LogP contribution in [0.1, 0.15) is 19.8 Å². The smallest absolute Gasteiger partial charge is 0.240 e. The van der Waals surface area contributed by atoms with Crippen molar-refractivity contribution in [2.24, 2.45) is 0 Å². The predicted octanol–water partition coefficient (Wildman–Crippen LogP) is 0.949. The number of rotatable bonds is 5. The molecule has 1 rings (SSSR count). The zero-order chi connectivity index (χ0) is 11.1. The molecule has 0 aliphatic carbocycles. The third-order valence-corrected chi connectivity index (χ3v) is 2.76. The fourth-order valence-corrected chi connectivity index (χ4v) is 1.80. The van der Waals surface area contributed by atoms with Crippen LogP contribution in [0.5, 0.6) is 0 Å². The molecule has 5 heteroatoms. The molecule has 1 aliphatic heterocycles. The molecule has 84 valence electrons. The average Bonchev–Trinajstić information content (AvgIpc) is 2.22. The Hall–Kier alpha value is -0.970. The molecule has 0 aromatic carbocycles. The van der Waals surface area contributed by atoms with Crippen LogP contribution in [0.2, 0.25) is 0 Å². The topological polar surface area (TPSA) is 49.4 Å². The summed E-state index contributed by atoms with van der Waals surface area (Å²) in [6.45, 7) is 2.90. The fraction of sp³-hybridized carbons (Fsp3) is 0.600. The lowest BCUT2D eigenvalue weighted by Crippen LogP contribution is -2.39. The quantitative estimate of drug-likeness (QED) is 0.713. The minimum absolute atomic E-state index is 0.00635. The van der Waals surface area contributed by atoms with Gasteiger partial charge in [-0.15, -0.1) is 11.8 Å². The van der Waals surface area contributed by atoms with Crippen LogP contribution in [0, 0.1) is 0 Å². The van der Waals surface area contributed by atoms with Crippen LogP contribution in [0.25, 0.3) is 0 Å². The van der Waals surface area contributed by atoms with E-state index in [4.69, 9.17) is 0 Å². The Morgan fingerprint density at radius 1 is 1.67 bits per heavy atom. The molecule has 0 fully saturated rings. The molecule has 4 nitrogen and oxygen atoms in total. The molecular formula is C10H16N2O2S. The summed E-state index contributed by atoms with van der Waals surface area (Å²) in [4.78, 5) is 24.2. The van der Waals surface area contributed by atoms with E-state index in [9.17, 15) is 9.59 Å². The van der Waals surface area contributed by atoms with Gasteiger partial charge in [-0.05, 0) is 11.8 Å². The second-order valence-corrected chi connectivity index (χ2v) is 4.22. The van der Waals surface area contributed by atoms with Gasteiger partial charge in [-0.25, -0.2) is 0 Å². The lowest BCUT2D eigenvalue weighted by molar-refractivity contribution is -0.131. The SMILES string of the molecule is CCCCNC(=O)CN1C=CSCC1=O.